The first-order chi connectivity index (χ1) is 11.6. The van der Waals surface area contributed by atoms with Crippen molar-refractivity contribution in [2.24, 2.45) is 5.73 Å². The second kappa shape index (κ2) is 12.5. The van der Waals surface area contributed by atoms with Crippen LogP contribution in [0.15, 0.2) is 36.4 Å². The zero-order valence-electron chi connectivity index (χ0n) is 14.3. The maximum atomic E-state index is 11.8. The standard InChI is InChI=1S/C20H29NO3/c21-19(20(23)24)14-10-5-3-1-2-4-9-13-18(22)16-15-17-11-7-6-8-12-17/h6-8,11-12,15-16,19H,1-5,9-10,13-14,21H2,(H,23,24). The van der Waals surface area contributed by atoms with Crippen LogP contribution in [0.1, 0.15) is 63.4 Å². The molecule has 24 heavy (non-hydrogen) atoms. The van der Waals surface area contributed by atoms with E-state index >= 15 is 0 Å². The van der Waals surface area contributed by atoms with Gasteiger partial charge in [-0.2, -0.15) is 0 Å². The molecule has 4 heteroatoms. The fourth-order valence-electron chi connectivity index (χ4n) is 2.51. The minimum atomic E-state index is -0.916. The summed E-state index contributed by atoms with van der Waals surface area (Å²) in [7, 11) is 0. The first-order valence-corrected chi connectivity index (χ1v) is 8.84. The van der Waals surface area contributed by atoms with Gasteiger partial charge in [0.1, 0.15) is 6.04 Å². The average molecular weight is 331 g/mol. The normalized spacial score (nSPS) is 12.4. The summed E-state index contributed by atoms with van der Waals surface area (Å²) in [6, 6.07) is 9.11. The lowest BCUT2D eigenvalue weighted by atomic mass is 10.0. The van der Waals surface area contributed by atoms with Crippen LogP contribution in [-0.2, 0) is 9.59 Å². The number of hydrogen-bond acceptors (Lipinski definition) is 3. The maximum absolute atomic E-state index is 11.8. The number of carboxylic acid groups (broad SMARTS) is 1. The van der Waals surface area contributed by atoms with E-state index in [0.717, 1.165) is 50.5 Å². The summed E-state index contributed by atoms with van der Waals surface area (Å²) in [5.41, 5.74) is 6.50. The quantitative estimate of drug-likeness (QED) is 0.419. The number of aliphatic carboxylic acids is 1. The third kappa shape index (κ3) is 9.95. The summed E-state index contributed by atoms with van der Waals surface area (Å²) in [4.78, 5) is 22.3. The fraction of sp³-hybridized carbons (Fsp3) is 0.500. The lowest BCUT2D eigenvalue weighted by Crippen LogP contribution is -2.29. The molecule has 0 amide bonds. The Morgan fingerprint density at radius 3 is 2.17 bits per heavy atom. The molecule has 0 aliphatic carbocycles. The van der Waals surface area contributed by atoms with Crippen molar-refractivity contribution in [3.63, 3.8) is 0 Å². The van der Waals surface area contributed by atoms with E-state index in [4.69, 9.17) is 10.8 Å². The lowest BCUT2D eigenvalue weighted by Gasteiger charge is -2.05. The highest BCUT2D eigenvalue weighted by atomic mass is 16.4. The van der Waals surface area contributed by atoms with E-state index in [0.29, 0.717) is 12.8 Å². The van der Waals surface area contributed by atoms with E-state index in [-0.39, 0.29) is 5.78 Å². The van der Waals surface area contributed by atoms with E-state index in [1.807, 2.05) is 36.4 Å². The molecule has 0 radical (unpaired) electrons. The summed E-state index contributed by atoms with van der Waals surface area (Å²) < 4.78 is 0. The van der Waals surface area contributed by atoms with Gasteiger partial charge in [0.2, 0.25) is 0 Å². The van der Waals surface area contributed by atoms with Gasteiger partial charge in [0.05, 0.1) is 0 Å². The number of ketones is 1. The summed E-state index contributed by atoms with van der Waals surface area (Å²) >= 11 is 0. The minimum absolute atomic E-state index is 0.182. The van der Waals surface area contributed by atoms with Crippen LogP contribution in [0, 0.1) is 0 Å². The number of allylic oxidation sites excluding steroid dienone is 1. The van der Waals surface area contributed by atoms with Crippen LogP contribution >= 0.6 is 0 Å². The van der Waals surface area contributed by atoms with E-state index in [1.165, 1.54) is 0 Å². The van der Waals surface area contributed by atoms with Crippen molar-refractivity contribution in [2.75, 3.05) is 0 Å². The van der Waals surface area contributed by atoms with Crippen molar-refractivity contribution in [1.82, 2.24) is 0 Å². The van der Waals surface area contributed by atoms with Gasteiger partial charge in [0.15, 0.2) is 5.78 Å². The molecule has 1 rings (SSSR count). The summed E-state index contributed by atoms with van der Waals surface area (Å²) in [6.07, 6.45) is 12.0. The van der Waals surface area contributed by atoms with Crippen LogP contribution in [-0.4, -0.2) is 22.9 Å². The number of carboxylic acids is 1. The van der Waals surface area contributed by atoms with Crippen LogP contribution in [0.2, 0.25) is 0 Å². The molecule has 0 fully saturated rings. The second-order valence-electron chi connectivity index (χ2n) is 6.17. The smallest absolute Gasteiger partial charge is 0.320 e. The third-order valence-corrected chi connectivity index (χ3v) is 4.02. The highest BCUT2D eigenvalue weighted by Gasteiger charge is 2.09. The number of hydrogen-bond donors (Lipinski definition) is 2. The molecule has 0 saturated heterocycles. The molecule has 4 nitrogen and oxygen atoms in total. The minimum Gasteiger partial charge on any atom is -0.480 e. The molecule has 3 N–H and O–H groups in total. The van der Waals surface area contributed by atoms with Crippen molar-refractivity contribution in [3.05, 3.63) is 42.0 Å². The predicted molar refractivity (Wildman–Crippen MR) is 97.6 cm³/mol. The van der Waals surface area contributed by atoms with Gasteiger partial charge in [-0.05, 0) is 24.5 Å². The Kier molecular flexibility index (Phi) is 10.5. The number of carbonyl (C=O) groups excluding carboxylic acids is 1. The molecule has 0 spiro atoms. The predicted octanol–water partition coefficient (Wildman–Crippen LogP) is 4.19. The Morgan fingerprint density at radius 2 is 1.54 bits per heavy atom. The van der Waals surface area contributed by atoms with Gasteiger partial charge in [0, 0.05) is 6.42 Å². The maximum Gasteiger partial charge on any atom is 0.320 e. The first-order valence-electron chi connectivity index (χ1n) is 8.84. The molecule has 1 aromatic carbocycles. The average Bonchev–Trinajstić information content (AvgIpc) is 2.59. The molecule has 0 heterocycles. The van der Waals surface area contributed by atoms with Crippen LogP contribution in [0.25, 0.3) is 6.08 Å². The molecule has 0 saturated carbocycles. The van der Waals surface area contributed by atoms with E-state index in [1.54, 1.807) is 6.08 Å². The Balaban J connectivity index is 1.95. The first kappa shape index (κ1) is 20.1. The van der Waals surface area contributed by atoms with Gasteiger partial charge in [-0.15, -0.1) is 0 Å². The topological polar surface area (TPSA) is 80.4 Å². The third-order valence-electron chi connectivity index (χ3n) is 4.02. The highest BCUT2D eigenvalue weighted by Crippen LogP contribution is 2.11. The Bertz CT molecular complexity index is 511. The SMILES string of the molecule is NC(CCCCCCCCCC(=O)C=Cc1ccccc1)C(=O)O. The van der Waals surface area contributed by atoms with Crippen molar-refractivity contribution in [3.8, 4) is 0 Å². The molecule has 1 atom stereocenters. The molecule has 132 valence electrons. The van der Waals surface area contributed by atoms with E-state index in [2.05, 4.69) is 0 Å². The molecule has 0 bridgehead atoms. The van der Waals surface area contributed by atoms with E-state index < -0.39 is 12.0 Å². The highest BCUT2D eigenvalue weighted by molar-refractivity contribution is 5.93. The van der Waals surface area contributed by atoms with Gasteiger partial charge >= 0.3 is 5.97 Å². The van der Waals surface area contributed by atoms with Crippen molar-refractivity contribution < 1.29 is 14.7 Å². The molecular formula is C20H29NO3. The summed E-state index contributed by atoms with van der Waals surface area (Å²) in [6.45, 7) is 0. The van der Waals surface area contributed by atoms with Crippen LogP contribution in [0.3, 0.4) is 0 Å². The molecular weight excluding hydrogens is 302 g/mol. The summed E-state index contributed by atoms with van der Waals surface area (Å²) in [5.74, 6) is -0.734. The summed E-state index contributed by atoms with van der Waals surface area (Å²) in [5, 5.41) is 8.67. The van der Waals surface area contributed by atoms with Crippen molar-refractivity contribution in [2.45, 2.75) is 63.8 Å². The van der Waals surface area contributed by atoms with Crippen molar-refractivity contribution in [1.29, 1.82) is 0 Å². The number of nitrogens with two attached hydrogens (primary N) is 1. The number of carbonyl (C=O) groups is 2. The zero-order valence-corrected chi connectivity index (χ0v) is 14.3. The molecule has 1 aromatic rings. The van der Waals surface area contributed by atoms with E-state index in [9.17, 15) is 9.59 Å². The Morgan fingerprint density at radius 1 is 0.958 bits per heavy atom. The largest absolute Gasteiger partial charge is 0.480 e. The monoisotopic (exact) mass is 331 g/mol. The van der Waals surface area contributed by atoms with Gasteiger partial charge in [-0.3, -0.25) is 9.59 Å². The fourth-order valence-corrected chi connectivity index (χ4v) is 2.51. The Hall–Kier alpha value is -1.94. The molecule has 0 aromatic heterocycles. The number of rotatable bonds is 13. The number of unbranched alkanes of at least 4 members (excludes halogenated alkanes) is 6. The lowest BCUT2D eigenvalue weighted by molar-refractivity contribution is -0.138. The van der Waals surface area contributed by atoms with Crippen LogP contribution in [0.5, 0.6) is 0 Å². The molecule has 1 unspecified atom stereocenters. The molecule has 0 aliphatic heterocycles. The van der Waals surface area contributed by atoms with Crippen molar-refractivity contribution >= 4 is 17.8 Å². The van der Waals surface area contributed by atoms with Crippen LogP contribution in [0.4, 0.5) is 0 Å². The number of benzene rings is 1. The van der Waals surface area contributed by atoms with Gasteiger partial charge in [0.25, 0.3) is 0 Å². The molecule has 0 aliphatic rings. The van der Waals surface area contributed by atoms with Crippen LogP contribution < -0.4 is 5.73 Å². The van der Waals surface area contributed by atoms with Gasteiger partial charge in [-0.25, -0.2) is 0 Å². The van der Waals surface area contributed by atoms with Gasteiger partial charge in [-0.1, -0.05) is 74.9 Å². The van der Waals surface area contributed by atoms with Gasteiger partial charge < -0.3 is 10.8 Å². The Labute approximate surface area is 144 Å². The zero-order chi connectivity index (χ0) is 17.6. The second-order valence-corrected chi connectivity index (χ2v) is 6.17.